The van der Waals surface area contributed by atoms with Gasteiger partial charge in [0.2, 0.25) is 0 Å². The summed E-state index contributed by atoms with van der Waals surface area (Å²) in [6, 6.07) is 11.5. The fraction of sp³-hybridized carbons (Fsp3) is 0.348. The van der Waals surface area contributed by atoms with Gasteiger partial charge in [0.05, 0.1) is 6.54 Å². The first-order chi connectivity index (χ1) is 14.0. The zero-order valence-corrected chi connectivity index (χ0v) is 16.6. The van der Waals surface area contributed by atoms with Gasteiger partial charge in [-0.1, -0.05) is 12.1 Å². The molecule has 0 spiro atoms. The van der Waals surface area contributed by atoms with E-state index in [1.165, 1.54) is 16.7 Å². The Morgan fingerprint density at radius 2 is 1.83 bits per heavy atom. The number of pyridine rings is 2. The van der Waals surface area contributed by atoms with Gasteiger partial charge in [-0.15, -0.1) is 0 Å². The number of halogens is 1. The average Bonchev–Trinajstić information content (AvgIpc) is 2.71. The molecule has 2 atom stereocenters. The van der Waals surface area contributed by atoms with Crippen molar-refractivity contribution in [2.75, 3.05) is 0 Å². The van der Waals surface area contributed by atoms with E-state index in [9.17, 15) is 14.0 Å². The number of fused-ring (bicyclic) bond motifs is 1. The number of likely N-dealkylation sites (tertiary alicyclic amines) is 1. The van der Waals surface area contributed by atoms with Gasteiger partial charge in [0.1, 0.15) is 17.0 Å². The van der Waals surface area contributed by atoms with Gasteiger partial charge >= 0.3 is 0 Å². The van der Waals surface area contributed by atoms with Crippen LogP contribution in [0.5, 0.6) is 0 Å². The number of carbonyl (C=O) groups is 1. The standard InChI is InChI=1S/C23H24FN3O2/c1-15-5-3-6-16(2)27(15)23(29)20-13-18-7-4-12-25-21(18)26(22(20)28)14-17-8-10-19(24)11-9-17/h4,7-13,15-16H,3,5-6,14H2,1-2H3/t15-,16+. The minimum Gasteiger partial charge on any atom is -0.333 e. The van der Waals surface area contributed by atoms with Crippen LogP contribution in [-0.2, 0) is 6.54 Å². The molecule has 4 rings (SSSR count). The Morgan fingerprint density at radius 1 is 1.14 bits per heavy atom. The molecule has 3 heterocycles. The highest BCUT2D eigenvalue weighted by molar-refractivity contribution is 5.97. The first kappa shape index (κ1) is 19.3. The minimum absolute atomic E-state index is 0.0980. The van der Waals surface area contributed by atoms with Gasteiger partial charge < -0.3 is 4.90 Å². The normalized spacial score (nSPS) is 19.5. The van der Waals surface area contributed by atoms with Crippen LogP contribution in [0.25, 0.3) is 11.0 Å². The van der Waals surface area contributed by atoms with Gasteiger partial charge in [0, 0.05) is 23.7 Å². The summed E-state index contributed by atoms with van der Waals surface area (Å²) < 4.78 is 14.8. The number of rotatable bonds is 3. The number of benzene rings is 1. The lowest BCUT2D eigenvalue weighted by molar-refractivity contribution is 0.0508. The number of hydrogen-bond acceptors (Lipinski definition) is 3. The predicted octanol–water partition coefficient (Wildman–Crippen LogP) is 3.99. The van der Waals surface area contributed by atoms with Crippen LogP contribution in [0.4, 0.5) is 4.39 Å². The highest BCUT2D eigenvalue weighted by atomic mass is 19.1. The van der Waals surface area contributed by atoms with Crippen LogP contribution in [0.15, 0.2) is 53.5 Å². The van der Waals surface area contributed by atoms with Crippen molar-refractivity contribution in [1.82, 2.24) is 14.5 Å². The second-order valence-corrected chi connectivity index (χ2v) is 7.83. The number of nitrogens with zero attached hydrogens (tertiary/aromatic N) is 3. The Kier molecular flexibility index (Phi) is 5.18. The van der Waals surface area contributed by atoms with Crippen molar-refractivity contribution < 1.29 is 9.18 Å². The number of piperidine rings is 1. The third kappa shape index (κ3) is 3.67. The van der Waals surface area contributed by atoms with E-state index in [1.54, 1.807) is 30.5 Å². The quantitative estimate of drug-likeness (QED) is 0.676. The van der Waals surface area contributed by atoms with Crippen molar-refractivity contribution in [1.29, 1.82) is 0 Å². The molecule has 0 saturated carbocycles. The van der Waals surface area contributed by atoms with Crippen LogP contribution >= 0.6 is 0 Å². The molecule has 5 nitrogen and oxygen atoms in total. The fourth-order valence-electron chi connectivity index (χ4n) is 4.24. The number of hydrogen-bond donors (Lipinski definition) is 0. The van der Waals surface area contributed by atoms with E-state index in [-0.39, 0.29) is 41.5 Å². The molecule has 1 aliphatic rings. The Morgan fingerprint density at radius 3 is 2.52 bits per heavy atom. The molecule has 0 bridgehead atoms. The fourth-order valence-corrected chi connectivity index (χ4v) is 4.24. The van der Waals surface area contributed by atoms with E-state index < -0.39 is 0 Å². The van der Waals surface area contributed by atoms with Gasteiger partial charge in [-0.2, -0.15) is 0 Å². The zero-order chi connectivity index (χ0) is 20.5. The van der Waals surface area contributed by atoms with Gasteiger partial charge in [0.15, 0.2) is 0 Å². The van der Waals surface area contributed by atoms with Gasteiger partial charge in [-0.3, -0.25) is 14.2 Å². The number of carbonyl (C=O) groups excluding carboxylic acids is 1. The summed E-state index contributed by atoms with van der Waals surface area (Å²) in [4.78, 5) is 32.9. The highest BCUT2D eigenvalue weighted by Gasteiger charge is 2.31. The predicted molar refractivity (Wildman–Crippen MR) is 110 cm³/mol. The number of aromatic nitrogens is 2. The maximum absolute atomic E-state index is 13.4. The summed E-state index contributed by atoms with van der Waals surface area (Å²) in [7, 11) is 0. The molecular weight excluding hydrogens is 369 g/mol. The Bertz CT molecular complexity index is 1100. The third-order valence-corrected chi connectivity index (χ3v) is 5.76. The second-order valence-electron chi connectivity index (χ2n) is 7.83. The molecule has 0 unspecified atom stereocenters. The van der Waals surface area contributed by atoms with E-state index in [1.807, 2.05) is 24.8 Å². The Hall–Kier alpha value is -3.02. The van der Waals surface area contributed by atoms with Crippen LogP contribution in [0.3, 0.4) is 0 Å². The molecular formula is C23H24FN3O2. The topological polar surface area (TPSA) is 55.2 Å². The summed E-state index contributed by atoms with van der Waals surface area (Å²) in [5.41, 5.74) is 1.08. The molecule has 0 radical (unpaired) electrons. The van der Waals surface area contributed by atoms with Crippen LogP contribution in [-0.4, -0.2) is 32.4 Å². The van der Waals surface area contributed by atoms with Crippen LogP contribution < -0.4 is 5.56 Å². The Labute approximate surface area is 168 Å². The summed E-state index contributed by atoms with van der Waals surface area (Å²) in [6.07, 6.45) is 4.59. The summed E-state index contributed by atoms with van der Waals surface area (Å²) in [5, 5.41) is 0.731. The van der Waals surface area contributed by atoms with E-state index in [0.29, 0.717) is 5.65 Å². The van der Waals surface area contributed by atoms with E-state index >= 15 is 0 Å². The lowest BCUT2D eigenvalue weighted by Crippen LogP contribution is -2.49. The molecule has 1 aliphatic heterocycles. The van der Waals surface area contributed by atoms with E-state index in [4.69, 9.17) is 0 Å². The largest absolute Gasteiger partial charge is 0.333 e. The molecule has 0 N–H and O–H groups in total. The smallest absolute Gasteiger partial charge is 0.265 e. The van der Waals surface area contributed by atoms with E-state index in [2.05, 4.69) is 4.98 Å². The van der Waals surface area contributed by atoms with Crippen molar-refractivity contribution in [2.45, 2.75) is 51.7 Å². The maximum Gasteiger partial charge on any atom is 0.265 e. The molecule has 1 aromatic carbocycles. The molecule has 0 aliphatic carbocycles. The van der Waals surface area contributed by atoms with Gasteiger partial charge in [-0.25, -0.2) is 9.37 Å². The molecule has 29 heavy (non-hydrogen) atoms. The summed E-state index contributed by atoms with van der Waals surface area (Å²) >= 11 is 0. The van der Waals surface area contributed by atoms with Crippen LogP contribution in [0.1, 0.15) is 49.0 Å². The Balaban J connectivity index is 1.83. The first-order valence-electron chi connectivity index (χ1n) is 10.0. The maximum atomic E-state index is 13.4. The first-order valence-corrected chi connectivity index (χ1v) is 10.0. The molecule has 3 aromatic rings. The molecule has 1 fully saturated rings. The number of amides is 1. The minimum atomic E-state index is -0.365. The monoisotopic (exact) mass is 393 g/mol. The van der Waals surface area contributed by atoms with Crippen molar-refractivity contribution in [3.8, 4) is 0 Å². The van der Waals surface area contributed by atoms with Crippen molar-refractivity contribution in [3.05, 3.63) is 76.0 Å². The average molecular weight is 393 g/mol. The lowest BCUT2D eigenvalue weighted by Gasteiger charge is -2.39. The van der Waals surface area contributed by atoms with Crippen molar-refractivity contribution in [3.63, 3.8) is 0 Å². The molecule has 150 valence electrons. The lowest BCUT2D eigenvalue weighted by atomic mass is 9.96. The van der Waals surface area contributed by atoms with Crippen LogP contribution in [0.2, 0.25) is 0 Å². The SMILES string of the molecule is C[C@@H]1CCC[C@H](C)N1C(=O)c1cc2cccnc2n(Cc2ccc(F)cc2)c1=O. The zero-order valence-electron chi connectivity index (χ0n) is 16.6. The van der Waals surface area contributed by atoms with E-state index in [0.717, 1.165) is 30.2 Å². The van der Waals surface area contributed by atoms with Crippen molar-refractivity contribution in [2.24, 2.45) is 0 Å². The van der Waals surface area contributed by atoms with Crippen molar-refractivity contribution >= 4 is 16.9 Å². The van der Waals surface area contributed by atoms with Gasteiger partial charge in [0.25, 0.3) is 11.5 Å². The summed E-state index contributed by atoms with van der Waals surface area (Å²) in [6.45, 7) is 4.29. The second kappa shape index (κ2) is 7.78. The highest BCUT2D eigenvalue weighted by Crippen LogP contribution is 2.25. The summed E-state index contributed by atoms with van der Waals surface area (Å²) in [5.74, 6) is -0.561. The van der Waals surface area contributed by atoms with Crippen LogP contribution in [0, 0.1) is 5.82 Å². The molecule has 1 saturated heterocycles. The van der Waals surface area contributed by atoms with Gasteiger partial charge in [-0.05, 0) is 69.0 Å². The molecule has 6 heteroatoms. The molecule has 2 aromatic heterocycles. The third-order valence-electron chi connectivity index (χ3n) is 5.76. The molecule has 1 amide bonds.